The van der Waals surface area contributed by atoms with E-state index in [1.807, 2.05) is 6.07 Å². The van der Waals surface area contributed by atoms with Gasteiger partial charge in [-0.15, -0.1) is 11.3 Å². The third-order valence-corrected chi connectivity index (χ3v) is 5.92. The molecule has 2 rings (SSSR count). The first-order valence-electron chi connectivity index (χ1n) is 7.35. The van der Waals surface area contributed by atoms with E-state index in [-0.39, 0.29) is 10.8 Å². The molecule has 0 unspecified atom stereocenters. The molecule has 136 valence electrons. The molecule has 0 radical (unpaired) electrons. The highest BCUT2D eigenvalue weighted by atomic mass is 32.2. The Labute approximate surface area is 154 Å². The molecule has 0 spiro atoms. The first-order chi connectivity index (χ1) is 12.4. The van der Waals surface area contributed by atoms with Crippen LogP contribution in [-0.4, -0.2) is 40.0 Å². The lowest BCUT2D eigenvalue weighted by molar-refractivity contribution is -0.146. The Hall–Kier alpha value is -2.74. The molecule has 0 saturated carbocycles. The van der Waals surface area contributed by atoms with Gasteiger partial charge in [-0.2, -0.15) is 9.98 Å². The van der Waals surface area contributed by atoms with Gasteiger partial charge in [-0.05, 0) is 23.6 Å². The summed E-state index contributed by atoms with van der Waals surface area (Å²) in [6.07, 6.45) is 0. The van der Waals surface area contributed by atoms with Crippen LogP contribution in [0.15, 0.2) is 52.1 Å². The summed E-state index contributed by atoms with van der Waals surface area (Å²) in [7, 11) is -3.79. The molecule has 0 aliphatic carbocycles. The Morgan fingerprint density at radius 1 is 1.19 bits per heavy atom. The second-order valence-electron chi connectivity index (χ2n) is 4.89. The molecule has 0 fully saturated rings. The van der Waals surface area contributed by atoms with Crippen LogP contribution in [0.3, 0.4) is 0 Å². The fourth-order valence-corrected chi connectivity index (χ4v) is 3.92. The summed E-state index contributed by atoms with van der Waals surface area (Å²) in [6, 6.07) is 13.3. The minimum Gasteiger partial charge on any atom is -0.455 e. The number of sulfonamides is 1. The standard InChI is InChI=1S/C16H15N3O5S2/c17-8-9-19(13-5-2-1-3-6-13)14(20)12-24-15(21)11-18-26(22,23)16-7-4-10-25-16/h1-7,10,18H,9,11-12H2. The van der Waals surface area contributed by atoms with Crippen molar-refractivity contribution in [2.75, 3.05) is 24.6 Å². The average molecular weight is 393 g/mol. The van der Waals surface area contributed by atoms with Crippen LogP contribution in [-0.2, 0) is 24.3 Å². The fraction of sp³-hybridized carbons (Fsp3) is 0.188. The third kappa shape index (κ3) is 5.38. The van der Waals surface area contributed by atoms with Gasteiger partial charge in [-0.1, -0.05) is 24.3 Å². The number of carbonyl (C=O) groups excluding carboxylic acids is 2. The molecular weight excluding hydrogens is 378 g/mol. The molecule has 1 aromatic carbocycles. The highest BCUT2D eigenvalue weighted by Gasteiger charge is 2.19. The second-order valence-corrected chi connectivity index (χ2v) is 7.83. The summed E-state index contributed by atoms with van der Waals surface area (Å²) in [5.41, 5.74) is 0.494. The van der Waals surface area contributed by atoms with Crippen molar-refractivity contribution in [1.29, 1.82) is 5.26 Å². The molecule has 10 heteroatoms. The molecule has 2 aromatic rings. The van der Waals surface area contributed by atoms with Crippen LogP contribution in [0.2, 0.25) is 0 Å². The highest BCUT2D eigenvalue weighted by Crippen LogP contribution is 2.15. The van der Waals surface area contributed by atoms with Gasteiger partial charge in [-0.25, -0.2) is 8.42 Å². The molecule has 1 amide bonds. The number of thiophene rings is 1. The molecule has 0 atom stereocenters. The normalized spacial score (nSPS) is 10.7. The minimum atomic E-state index is -3.79. The maximum absolute atomic E-state index is 12.2. The van der Waals surface area contributed by atoms with Crippen LogP contribution in [0.4, 0.5) is 5.69 Å². The Balaban J connectivity index is 1.88. The Kier molecular flexibility index (Phi) is 6.85. The van der Waals surface area contributed by atoms with E-state index >= 15 is 0 Å². The number of hydrogen-bond donors (Lipinski definition) is 1. The molecular formula is C16H15N3O5S2. The van der Waals surface area contributed by atoms with Gasteiger partial charge >= 0.3 is 5.97 Å². The highest BCUT2D eigenvalue weighted by molar-refractivity contribution is 7.91. The number of esters is 1. The van der Waals surface area contributed by atoms with E-state index in [2.05, 4.69) is 4.72 Å². The van der Waals surface area contributed by atoms with Crippen molar-refractivity contribution in [3.05, 3.63) is 47.8 Å². The number of benzene rings is 1. The van der Waals surface area contributed by atoms with E-state index < -0.39 is 35.1 Å². The van der Waals surface area contributed by atoms with E-state index in [4.69, 9.17) is 10.00 Å². The monoisotopic (exact) mass is 393 g/mol. The van der Waals surface area contributed by atoms with Gasteiger partial charge in [0.25, 0.3) is 15.9 Å². The number of anilines is 1. The van der Waals surface area contributed by atoms with Crippen molar-refractivity contribution < 1.29 is 22.7 Å². The summed E-state index contributed by atoms with van der Waals surface area (Å²) in [5.74, 6) is -1.49. The lowest BCUT2D eigenvalue weighted by Crippen LogP contribution is -2.37. The second kappa shape index (κ2) is 9.10. The molecule has 1 aromatic heterocycles. The van der Waals surface area contributed by atoms with Gasteiger partial charge in [0.2, 0.25) is 0 Å². The Bertz CT molecular complexity index is 890. The zero-order valence-electron chi connectivity index (χ0n) is 13.5. The first kappa shape index (κ1) is 19.6. The number of nitrogens with zero attached hydrogens (tertiary/aromatic N) is 2. The Morgan fingerprint density at radius 3 is 2.54 bits per heavy atom. The number of para-hydroxylation sites is 1. The molecule has 26 heavy (non-hydrogen) atoms. The van der Waals surface area contributed by atoms with E-state index in [1.165, 1.54) is 11.0 Å². The number of nitrogens with one attached hydrogen (secondary N) is 1. The maximum Gasteiger partial charge on any atom is 0.321 e. The number of carbonyl (C=O) groups is 2. The van der Waals surface area contributed by atoms with E-state index in [9.17, 15) is 18.0 Å². The number of rotatable bonds is 8. The number of ether oxygens (including phenoxy) is 1. The first-order valence-corrected chi connectivity index (χ1v) is 9.71. The lowest BCUT2D eigenvalue weighted by Gasteiger charge is -2.19. The summed E-state index contributed by atoms with van der Waals surface area (Å²) >= 11 is 1.01. The molecule has 8 nitrogen and oxygen atoms in total. The van der Waals surface area contributed by atoms with Gasteiger partial charge in [-0.3, -0.25) is 14.5 Å². The third-order valence-electron chi connectivity index (χ3n) is 3.12. The van der Waals surface area contributed by atoms with Gasteiger partial charge in [0.15, 0.2) is 6.61 Å². The van der Waals surface area contributed by atoms with Crippen molar-refractivity contribution in [3.63, 3.8) is 0 Å². The van der Waals surface area contributed by atoms with E-state index in [0.717, 1.165) is 11.3 Å². The van der Waals surface area contributed by atoms with E-state index in [1.54, 1.807) is 41.8 Å². The zero-order valence-corrected chi connectivity index (χ0v) is 15.1. The maximum atomic E-state index is 12.2. The van der Waals surface area contributed by atoms with Crippen molar-refractivity contribution in [2.24, 2.45) is 0 Å². The number of amides is 1. The fourth-order valence-electron chi connectivity index (χ4n) is 1.91. The molecule has 0 bridgehead atoms. The van der Waals surface area contributed by atoms with Crippen molar-refractivity contribution in [3.8, 4) is 6.07 Å². The topological polar surface area (TPSA) is 117 Å². The van der Waals surface area contributed by atoms with Gasteiger partial charge < -0.3 is 4.74 Å². The van der Waals surface area contributed by atoms with Crippen LogP contribution >= 0.6 is 11.3 Å². The minimum absolute atomic E-state index is 0.0747. The molecule has 0 aliphatic heterocycles. The predicted molar refractivity (Wildman–Crippen MR) is 94.9 cm³/mol. The molecule has 0 saturated heterocycles. The van der Waals surface area contributed by atoms with Gasteiger partial charge in [0.1, 0.15) is 17.3 Å². The summed E-state index contributed by atoms with van der Waals surface area (Å²) in [6.45, 7) is -1.40. The number of hydrogen-bond acceptors (Lipinski definition) is 7. The van der Waals surface area contributed by atoms with Crippen molar-refractivity contribution >= 4 is 38.9 Å². The summed E-state index contributed by atoms with van der Waals surface area (Å²) < 4.78 is 30.8. The quantitative estimate of drug-likeness (QED) is 0.531. The SMILES string of the molecule is N#CCN(C(=O)COC(=O)CNS(=O)(=O)c1cccs1)c1ccccc1. The van der Waals surface area contributed by atoms with Gasteiger partial charge in [0.05, 0.1) is 6.07 Å². The van der Waals surface area contributed by atoms with E-state index in [0.29, 0.717) is 5.69 Å². The van der Waals surface area contributed by atoms with Crippen LogP contribution in [0.1, 0.15) is 0 Å². The molecule has 0 aliphatic rings. The summed E-state index contributed by atoms with van der Waals surface area (Å²) in [4.78, 5) is 25.1. The van der Waals surface area contributed by atoms with Crippen LogP contribution in [0.25, 0.3) is 0 Å². The Morgan fingerprint density at radius 2 is 1.92 bits per heavy atom. The number of nitriles is 1. The molecule has 1 N–H and O–H groups in total. The smallest absolute Gasteiger partial charge is 0.321 e. The predicted octanol–water partition coefficient (Wildman–Crippen LogP) is 1.13. The molecule has 1 heterocycles. The van der Waals surface area contributed by atoms with Crippen LogP contribution in [0, 0.1) is 11.3 Å². The van der Waals surface area contributed by atoms with Crippen LogP contribution < -0.4 is 9.62 Å². The summed E-state index contributed by atoms with van der Waals surface area (Å²) in [5, 5.41) is 10.5. The lowest BCUT2D eigenvalue weighted by atomic mass is 10.3. The van der Waals surface area contributed by atoms with Crippen LogP contribution in [0.5, 0.6) is 0 Å². The largest absolute Gasteiger partial charge is 0.455 e. The van der Waals surface area contributed by atoms with Crippen molar-refractivity contribution in [2.45, 2.75) is 4.21 Å². The van der Waals surface area contributed by atoms with Gasteiger partial charge in [0, 0.05) is 5.69 Å². The zero-order chi connectivity index (χ0) is 19.0. The van der Waals surface area contributed by atoms with Crippen molar-refractivity contribution in [1.82, 2.24) is 4.72 Å². The average Bonchev–Trinajstić information content (AvgIpc) is 3.19.